The van der Waals surface area contributed by atoms with Crippen molar-refractivity contribution in [1.29, 1.82) is 0 Å². The lowest BCUT2D eigenvalue weighted by Crippen LogP contribution is -2.41. The predicted molar refractivity (Wildman–Crippen MR) is 78.9 cm³/mol. The minimum Gasteiger partial charge on any atom is -0.454 e. The average Bonchev–Trinajstić information content (AvgIpc) is 2.70. The summed E-state index contributed by atoms with van der Waals surface area (Å²) in [6.45, 7) is 3.49. The van der Waals surface area contributed by atoms with Gasteiger partial charge in [-0.1, -0.05) is 17.7 Å². The second-order valence-electron chi connectivity index (χ2n) is 5.99. The highest BCUT2D eigenvalue weighted by Crippen LogP contribution is 2.43. The van der Waals surface area contributed by atoms with Crippen LogP contribution in [0, 0.1) is 12.8 Å². The van der Waals surface area contributed by atoms with Crippen molar-refractivity contribution in [1.82, 2.24) is 0 Å². The first kappa shape index (κ1) is 15.0. The van der Waals surface area contributed by atoms with Crippen LogP contribution in [-0.2, 0) is 24.2 Å². The monoisotopic (exact) mass is 320 g/mol. The van der Waals surface area contributed by atoms with Crippen molar-refractivity contribution in [2.24, 2.45) is 5.92 Å². The molecule has 1 saturated heterocycles. The fourth-order valence-electron chi connectivity index (χ4n) is 3.04. The molecular weight excluding hydrogens is 304 g/mol. The van der Waals surface area contributed by atoms with E-state index >= 15 is 0 Å². The minimum absolute atomic E-state index is 0.00546. The Hall–Kier alpha value is -1.95. The van der Waals surface area contributed by atoms with Crippen molar-refractivity contribution in [3.63, 3.8) is 0 Å². The topological polar surface area (TPSA) is 77.5 Å². The maximum atomic E-state index is 12.8. The number of hydrogen-bond donors (Lipinski definition) is 0. The van der Waals surface area contributed by atoms with Crippen LogP contribution in [0.15, 0.2) is 41.3 Å². The third-order valence-corrected chi connectivity index (χ3v) is 6.48. The fraction of sp³-hybridized carbons (Fsp3) is 0.375. The van der Waals surface area contributed by atoms with Crippen molar-refractivity contribution < 1.29 is 22.7 Å². The molecule has 1 aromatic rings. The molecule has 0 aromatic heterocycles. The van der Waals surface area contributed by atoms with E-state index in [2.05, 4.69) is 0 Å². The van der Waals surface area contributed by atoms with E-state index in [4.69, 9.17) is 4.74 Å². The van der Waals surface area contributed by atoms with E-state index in [1.54, 1.807) is 19.1 Å². The predicted octanol–water partition coefficient (Wildman–Crippen LogP) is 1.60. The van der Waals surface area contributed by atoms with Gasteiger partial charge in [0.05, 0.1) is 4.90 Å². The molecule has 0 bridgehead atoms. The van der Waals surface area contributed by atoms with Crippen LogP contribution in [0.2, 0.25) is 0 Å². The summed E-state index contributed by atoms with van der Waals surface area (Å²) in [5.74, 6) is -1.67. The summed E-state index contributed by atoms with van der Waals surface area (Å²) in [7, 11) is -3.90. The minimum atomic E-state index is -3.90. The van der Waals surface area contributed by atoms with Crippen LogP contribution in [0.4, 0.5) is 0 Å². The summed E-state index contributed by atoms with van der Waals surface area (Å²) < 4.78 is 30.9. The Labute approximate surface area is 128 Å². The van der Waals surface area contributed by atoms with E-state index in [-0.39, 0.29) is 17.1 Å². The summed E-state index contributed by atoms with van der Waals surface area (Å²) in [5.41, 5.74) is -0.110. The third-order valence-electron chi connectivity index (χ3n) is 4.36. The zero-order chi connectivity index (χ0) is 16.1. The Balaban J connectivity index is 2.07. The van der Waals surface area contributed by atoms with Crippen molar-refractivity contribution >= 4 is 21.6 Å². The number of esters is 1. The largest absolute Gasteiger partial charge is 0.454 e. The summed E-state index contributed by atoms with van der Waals surface area (Å²) >= 11 is 0. The van der Waals surface area contributed by atoms with Crippen LogP contribution in [-0.4, -0.2) is 31.0 Å². The number of sulfone groups is 1. The Morgan fingerprint density at radius 3 is 2.45 bits per heavy atom. The molecule has 2 aliphatic rings. The van der Waals surface area contributed by atoms with Gasteiger partial charge in [-0.05, 0) is 38.1 Å². The standard InChI is InChI=1S/C16H16O5S/c1-10-3-5-12(6-4-10)22(19,20)14-13-9-11(17)7-8-16(13,2)21-15(14)18/h3-8,13-14H,9H2,1-2H3/t13-,14-,16-/m1/s1. The first-order chi connectivity index (χ1) is 10.2. The SMILES string of the molecule is Cc1ccc(S(=O)(=O)[C@H]2C(=O)O[C@]3(C)C=CC(=O)C[C@H]23)cc1. The number of aryl methyl sites for hydroxylation is 1. The maximum absolute atomic E-state index is 12.8. The van der Waals surface area contributed by atoms with Crippen LogP contribution in [0.1, 0.15) is 18.9 Å². The highest BCUT2D eigenvalue weighted by molar-refractivity contribution is 7.92. The number of allylic oxidation sites excluding steroid dienone is 1. The lowest BCUT2D eigenvalue weighted by atomic mass is 9.80. The van der Waals surface area contributed by atoms with Gasteiger partial charge in [-0.15, -0.1) is 0 Å². The Kier molecular flexibility index (Phi) is 3.25. The van der Waals surface area contributed by atoms with Gasteiger partial charge >= 0.3 is 5.97 Å². The van der Waals surface area contributed by atoms with Crippen LogP contribution in [0.25, 0.3) is 0 Å². The molecule has 5 nitrogen and oxygen atoms in total. The molecular formula is C16H16O5S. The van der Waals surface area contributed by atoms with Crippen LogP contribution >= 0.6 is 0 Å². The number of ether oxygens (including phenoxy) is 1. The number of hydrogen-bond acceptors (Lipinski definition) is 5. The van der Waals surface area contributed by atoms with Crippen molar-refractivity contribution in [2.75, 3.05) is 0 Å². The molecule has 1 aromatic carbocycles. The van der Waals surface area contributed by atoms with Crippen molar-refractivity contribution in [2.45, 2.75) is 36.0 Å². The second kappa shape index (κ2) is 4.78. The molecule has 3 rings (SSSR count). The average molecular weight is 320 g/mol. The van der Waals surface area contributed by atoms with Gasteiger partial charge < -0.3 is 4.74 Å². The van der Waals surface area contributed by atoms with Crippen LogP contribution in [0.3, 0.4) is 0 Å². The number of ketones is 1. The van der Waals surface area contributed by atoms with Crippen LogP contribution in [0.5, 0.6) is 0 Å². The van der Waals surface area contributed by atoms with E-state index in [0.29, 0.717) is 0 Å². The molecule has 116 valence electrons. The van der Waals surface area contributed by atoms with Gasteiger partial charge in [-0.3, -0.25) is 9.59 Å². The number of rotatable bonds is 2. The summed E-state index contributed by atoms with van der Waals surface area (Å²) in [4.78, 5) is 23.9. The fourth-order valence-corrected chi connectivity index (χ4v) is 4.95. The Bertz CT molecular complexity index is 775. The van der Waals surface area contributed by atoms with E-state index in [0.717, 1.165) is 5.56 Å². The quantitative estimate of drug-likeness (QED) is 0.774. The second-order valence-corrected chi connectivity index (χ2v) is 8.06. The molecule has 6 heteroatoms. The van der Waals surface area contributed by atoms with E-state index in [1.807, 2.05) is 6.92 Å². The van der Waals surface area contributed by atoms with Gasteiger partial charge in [-0.2, -0.15) is 0 Å². The van der Waals surface area contributed by atoms with Crippen molar-refractivity contribution in [3.8, 4) is 0 Å². The molecule has 22 heavy (non-hydrogen) atoms. The lowest BCUT2D eigenvalue weighted by Gasteiger charge is -2.29. The van der Waals surface area contributed by atoms with Gasteiger partial charge in [0.25, 0.3) is 0 Å². The Morgan fingerprint density at radius 1 is 1.18 bits per heavy atom. The molecule has 0 amide bonds. The smallest absolute Gasteiger partial charge is 0.326 e. The first-order valence-corrected chi connectivity index (χ1v) is 8.54. The summed E-state index contributed by atoms with van der Waals surface area (Å²) in [5, 5.41) is -1.34. The molecule has 0 radical (unpaired) electrons. The first-order valence-electron chi connectivity index (χ1n) is 6.99. The Morgan fingerprint density at radius 2 is 1.82 bits per heavy atom. The normalized spacial score (nSPS) is 31.0. The zero-order valence-corrected chi connectivity index (χ0v) is 13.1. The summed E-state index contributed by atoms with van der Waals surface area (Å²) in [6, 6.07) is 6.32. The number of carbonyl (C=O) groups is 2. The maximum Gasteiger partial charge on any atom is 0.326 e. The molecule has 0 saturated carbocycles. The highest BCUT2D eigenvalue weighted by atomic mass is 32.2. The van der Waals surface area contributed by atoms with Gasteiger partial charge in [-0.25, -0.2) is 8.42 Å². The highest BCUT2D eigenvalue weighted by Gasteiger charge is 2.58. The van der Waals surface area contributed by atoms with Gasteiger partial charge in [0.15, 0.2) is 20.9 Å². The van der Waals surface area contributed by atoms with Gasteiger partial charge in [0.2, 0.25) is 0 Å². The molecule has 3 atom stereocenters. The van der Waals surface area contributed by atoms with E-state index in [9.17, 15) is 18.0 Å². The molecule has 0 N–H and O–H groups in total. The van der Waals surface area contributed by atoms with Crippen molar-refractivity contribution in [3.05, 3.63) is 42.0 Å². The van der Waals surface area contributed by atoms with Crippen LogP contribution < -0.4 is 0 Å². The van der Waals surface area contributed by atoms with E-state index < -0.39 is 32.6 Å². The molecule has 0 unspecified atom stereocenters. The summed E-state index contributed by atoms with van der Waals surface area (Å²) in [6.07, 6.45) is 2.84. The molecule has 0 spiro atoms. The molecule has 1 aliphatic heterocycles. The molecule has 1 aliphatic carbocycles. The number of benzene rings is 1. The zero-order valence-electron chi connectivity index (χ0n) is 12.3. The van der Waals surface area contributed by atoms with E-state index in [1.165, 1.54) is 24.3 Å². The number of fused-ring (bicyclic) bond motifs is 1. The third kappa shape index (κ3) is 2.18. The molecule has 1 fully saturated rings. The molecule has 1 heterocycles. The number of carbonyl (C=O) groups excluding carboxylic acids is 2. The van der Waals surface area contributed by atoms with Gasteiger partial charge in [0.1, 0.15) is 5.60 Å². The van der Waals surface area contributed by atoms with Gasteiger partial charge in [0, 0.05) is 12.3 Å². The lowest BCUT2D eigenvalue weighted by molar-refractivity contribution is -0.145.